The van der Waals surface area contributed by atoms with E-state index >= 15 is 0 Å². The highest BCUT2D eigenvalue weighted by Gasteiger charge is 2.08. The van der Waals surface area contributed by atoms with Gasteiger partial charge in [-0.15, -0.1) is 0 Å². The normalized spacial score (nSPS) is 10.8. The number of nitrogens with zero attached hydrogens (tertiary/aromatic N) is 4. The summed E-state index contributed by atoms with van der Waals surface area (Å²) < 4.78 is 1.80. The fourth-order valence-electron chi connectivity index (χ4n) is 1.68. The van der Waals surface area contributed by atoms with Crippen LogP contribution in [0.2, 0.25) is 0 Å². The molecule has 2 N–H and O–H groups in total. The summed E-state index contributed by atoms with van der Waals surface area (Å²) in [5, 5.41) is 4.29. The third-order valence-corrected chi connectivity index (χ3v) is 2.50. The lowest BCUT2D eigenvalue weighted by molar-refractivity contribution is 0.795. The van der Waals surface area contributed by atoms with E-state index < -0.39 is 0 Å². The molecule has 0 fully saturated rings. The number of nitrogens with two attached hydrogens (primary N) is 1. The maximum Gasteiger partial charge on any atom is 0.157 e. The summed E-state index contributed by atoms with van der Waals surface area (Å²) in [4.78, 5) is 8.60. The molecule has 5 nitrogen and oxygen atoms in total. The van der Waals surface area contributed by atoms with Crippen LogP contribution in [0, 0.1) is 20.8 Å². The van der Waals surface area contributed by atoms with Gasteiger partial charge >= 0.3 is 0 Å². The van der Waals surface area contributed by atoms with Gasteiger partial charge in [-0.1, -0.05) is 0 Å². The average molecular weight is 217 g/mol. The number of hydrogen-bond donors (Lipinski definition) is 1. The molecule has 2 rings (SSSR count). The van der Waals surface area contributed by atoms with Gasteiger partial charge in [-0.25, -0.2) is 14.6 Å². The maximum absolute atomic E-state index is 5.62. The molecule has 0 spiro atoms. The van der Waals surface area contributed by atoms with Gasteiger partial charge < -0.3 is 5.73 Å². The van der Waals surface area contributed by atoms with Gasteiger partial charge in [0.2, 0.25) is 0 Å². The highest BCUT2D eigenvalue weighted by atomic mass is 15.3. The van der Waals surface area contributed by atoms with Crippen LogP contribution in [0.1, 0.15) is 22.8 Å². The minimum Gasteiger partial charge on any atom is -0.326 e. The molecule has 0 aliphatic heterocycles. The van der Waals surface area contributed by atoms with Crippen molar-refractivity contribution in [1.82, 2.24) is 19.7 Å². The van der Waals surface area contributed by atoms with Gasteiger partial charge in [0, 0.05) is 29.6 Å². The molecule has 84 valence electrons. The van der Waals surface area contributed by atoms with Crippen LogP contribution in [-0.2, 0) is 6.54 Å². The van der Waals surface area contributed by atoms with Crippen molar-refractivity contribution >= 4 is 0 Å². The zero-order valence-corrected chi connectivity index (χ0v) is 9.73. The average Bonchev–Trinajstić information content (AvgIpc) is 2.58. The first-order valence-electron chi connectivity index (χ1n) is 5.18. The molecule has 0 amide bonds. The van der Waals surface area contributed by atoms with Gasteiger partial charge in [-0.05, 0) is 20.8 Å². The maximum atomic E-state index is 5.62. The van der Waals surface area contributed by atoms with Crippen LogP contribution in [0.5, 0.6) is 0 Å². The Morgan fingerprint density at radius 1 is 1.25 bits per heavy atom. The summed E-state index contributed by atoms with van der Waals surface area (Å²) >= 11 is 0. The molecule has 16 heavy (non-hydrogen) atoms. The Bertz CT molecular complexity index is 495. The van der Waals surface area contributed by atoms with Crippen molar-refractivity contribution in [3.05, 3.63) is 35.0 Å². The molecule has 2 aromatic rings. The highest BCUT2D eigenvalue weighted by Crippen LogP contribution is 2.12. The lowest BCUT2D eigenvalue weighted by atomic mass is 10.2. The molecule has 0 aliphatic carbocycles. The molecule has 0 aromatic carbocycles. The van der Waals surface area contributed by atoms with Crippen LogP contribution >= 0.6 is 0 Å². The molecule has 0 saturated carbocycles. The second-order valence-electron chi connectivity index (χ2n) is 3.79. The molecule has 2 heterocycles. The zero-order chi connectivity index (χ0) is 11.7. The number of rotatable bonds is 2. The van der Waals surface area contributed by atoms with E-state index in [2.05, 4.69) is 15.1 Å². The number of hydrogen-bond acceptors (Lipinski definition) is 4. The highest BCUT2D eigenvalue weighted by molar-refractivity contribution is 5.29. The third-order valence-electron chi connectivity index (χ3n) is 2.50. The molecular formula is C11H15N5. The quantitative estimate of drug-likeness (QED) is 0.816. The number of aromatic nitrogens is 4. The Hall–Kier alpha value is -1.75. The smallest absolute Gasteiger partial charge is 0.157 e. The van der Waals surface area contributed by atoms with Crippen molar-refractivity contribution in [3.8, 4) is 5.82 Å². The zero-order valence-electron chi connectivity index (χ0n) is 9.73. The minimum atomic E-state index is 0.495. The molecule has 0 radical (unpaired) electrons. The second-order valence-corrected chi connectivity index (χ2v) is 3.79. The lowest BCUT2D eigenvalue weighted by Crippen LogP contribution is -2.06. The number of aryl methyl sites for hydroxylation is 2. The van der Waals surface area contributed by atoms with Gasteiger partial charge in [-0.3, -0.25) is 0 Å². The van der Waals surface area contributed by atoms with Gasteiger partial charge in [-0.2, -0.15) is 5.10 Å². The molecule has 0 unspecified atom stereocenters. The summed E-state index contributed by atoms with van der Waals surface area (Å²) in [6.45, 7) is 6.30. The first-order chi connectivity index (χ1) is 7.61. The van der Waals surface area contributed by atoms with E-state index in [1.807, 2.05) is 26.8 Å². The topological polar surface area (TPSA) is 69.6 Å². The first-order valence-corrected chi connectivity index (χ1v) is 5.18. The van der Waals surface area contributed by atoms with E-state index in [9.17, 15) is 0 Å². The summed E-state index contributed by atoms with van der Waals surface area (Å²) in [6.07, 6.45) is 1.78. The second kappa shape index (κ2) is 4.02. The van der Waals surface area contributed by atoms with E-state index in [-0.39, 0.29) is 0 Å². The molecule has 2 aromatic heterocycles. The molecule has 0 aliphatic rings. The van der Waals surface area contributed by atoms with Crippen LogP contribution in [0.3, 0.4) is 0 Å². The summed E-state index contributed by atoms with van der Waals surface area (Å²) in [7, 11) is 0. The van der Waals surface area contributed by atoms with Crippen molar-refractivity contribution in [2.24, 2.45) is 5.73 Å². The molecule has 0 saturated heterocycles. The lowest BCUT2D eigenvalue weighted by Gasteiger charge is -2.05. The van der Waals surface area contributed by atoms with Gasteiger partial charge in [0.1, 0.15) is 5.82 Å². The Labute approximate surface area is 94.3 Å². The van der Waals surface area contributed by atoms with Crippen LogP contribution in [0.4, 0.5) is 0 Å². The van der Waals surface area contributed by atoms with E-state index in [0.717, 1.165) is 28.6 Å². The fourth-order valence-corrected chi connectivity index (χ4v) is 1.68. The SMILES string of the molecule is Cc1cc(-n2ncc(CN)c2C)nc(C)n1. The first kappa shape index (κ1) is 10.8. The van der Waals surface area contributed by atoms with E-state index in [1.54, 1.807) is 10.9 Å². The molecule has 5 heteroatoms. The van der Waals surface area contributed by atoms with Crippen molar-refractivity contribution in [2.75, 3.05) is 0 Å². The minimum absolute atomic E-state index is 0.495. The van der Waals surface area contributed by atoms with Crippen LogP contribution < -0.4 is 5.73 Å². The van der Waals surface area contributed by atoms with Crippen molar-refractivity contribution in [3.63, 3.8) is 0 Å². The molecule has 0 bridgehead atoms. The summed E-state index contributed by atoms with van der Waals surface area (Å²) in [6, 6.07) is 1.91. The standard InChI is InChI=1S/C11H15N5/c1-7-4-11(15-9(3)14-7)16-8(2)10(5-12)6-13-16/h4,6H,5,12H2,1-3H3. The largest absolute Gasteiger partial charge is 0.326 e. The van der Waals surface area contributed by atoms with Crippen molar-refractivity contribution < 1.29 is 0 Å². The van der Waals surface area contributed by atoms with E-state index in [1.165, 1.54) is 0 Å². The summed E-state index contributed by atoms with van der Waals surface area (Å²) in [5.74, 6) is 1.54. The summed E-state index contributed by atoms with van der Waals surface area (Å²) in [5.41, 5.74) is 8.62. The van der Waals surface area contributed by atoms with Gasteiger partial charge in [0.25, 0.3) is 0 Å². The Balaban J connectivity index is 2.54. The Kier molecular flexibility index (Phi) is 2.70. The van der Waals surface area contributed by atoms with Crippen molar-refractivity contribution in [2.45, 2.75) is 27.3 Å². The third kappa shape index (κ3) is 1.81. The molecular weight excluding hydrogens is 202 g/mol. The van der Waals surface area contributed by atoms with Gasteiger partial charge in [0.05, 0.1) is 6.20 Å². The predicted molar refractivity (Wildman–Crippen MR) is 61.3 cm³/mol. The Morgan fingerprint density at radius 3 is 2.56 bits per heavy atom. The fraction of sp³-hybridized carbons (Fsp3) is 0.364. The van der Waals surface area contributed by atoms with Crippen molar-refractivity contribution in [1.29, 1.82) is 0 Å². The van der Waals surface area contributed by atoms with E-state index in [0.29, 0.717) is 6.54 Å². The Morgan fingerprint density at radius 2 is 2.00 bits per heavy atom. The van der Waals surface area contributed by atoms with Crippen LogP contribution in [0.15, 0.2) is 12.3 Å². The van der Waals surface area contributed by atoms with E-state index in [4.69, 9.17) is 5.73 Å². The van der Waals surface area contributed by atoms with Gasteiger partial charge in [0.15, 0.2) is 5.82 Å². The van der Waals surface area contributed by atoms with Crippen LogP contribution in [0.25, 0.3) is 5.82 Å². The molecule has 0 atom stereocenters. The predicted octanol–water partition coefficient (Wildman–Crippen LogP) is 1.05. The van der Waals surface area contributed by atoms with Crippen LogP contribution in [-0.4, -0.2) is 19.7 Å². The monoisotopic (exact) mass is 217 g/mol.